The molecular formula is C13H15N3O4S. The fourth-order valence-electron chi connectivity index (χ4n) is 2.62. The number of hydrogen-bond acceptors (Lipinski definition) is 5. The van der Waals surface area contributed by atoms with Crippen molar-refractivity contribution in [1.29, 1.82) is 0 Å². The number of sulfone groups is 1. The zero-order chi connectivity index (χ0) is 15.0. The lowest BCUT2D eigenvalue weighted by Gasteiger charge is -2.10. The van der Waals surface area contributed by atoms with Crippen LogP contribution in [-0.4, -0.2) is 46.4 Å². The van der Waals surface area contributed by atoms with Gasteiger partial charge in [0.15, 0.2) is 21.3 Å². The van der Waals surface area contributed by atoms with E-state index in [0.29, 0.717) is 18.5 Å². The number of carboxylic acids is 1. The van der Waals surface area contributed by atoms with E-state index in [1.807, 2.05) is 0 Å². The topological polar surface area (TPSA) is 101 Å². The van der Waals surface area contributed by atoms with E-state index in [0.717, 1.165) is 0 Å². The molecule has 21 heavy (non-hydrogen) atoms. The van der Waals surface area contributed by atoms with Gasteiger partial charge < -0.3 is 10.4 Å². The van der Waals surface area contributed by atoms with Crippen molar-refractivity contribution in [3.8, 4) is 0 Å². The number of nitrogens with zero attached hydrogens (tertiary/aromatic N) is 2. The third kappa shape index (κ3) is 2.46. The second-order valence-electron chi connectivity index (χ2n) is 5.06. The van der Waals surface area contributed by atoms with E-state index in [2.05, 4.69) is 10.3 Å². The third-order valence-corrected chi connectivity index (χ3v) is 5.97. The molecule has 1 atom stereocenters. The summed E-state index contributed by atoms with van der Waals surface area (Å²) in [7, 11) is -3.06. The molecule has 0 spiro atoms. The first kappa shape index (κ1) is 13.9. The summed E-state index contributed by atoms with van der Waals surface area (Å²) in [6, 6.07) is 5.18. The van der Waals surface area contributed by atoms with Crippen LogP contribution in [0.15, 0.2) is 24.4 Å². The van der Waals surface area contributed by atoms with E-state index in [1.165, 1.54) is 4.40 Å². The first-order chi connectivity index (χ1) is 9.99. The van der Waals surface area contributed by atoms with E-state index in [-0.39, 0.29) is 23.8 Å². The Morgan fingerprint density at radius 2 is 2.29 bits per heavy atom. The normalized spacial score (nSPS) is 20.7. The summed E-state index contributed by atoms with van der Waals surface area (Å²) in [4.78, 5) is 15.6. The Bertz CT molecular complexity index is 797. The van der Waals surface area contributed by atoms with E-state index >= 15 is 0 Å². The zero-order valence-electron chi connectivity index (χ0n) is 11.2. The van der Waals surface area contributed by atoms with Crippen LogP contribution in [0.3, 0.4) is 0 Å². The Kier molecular flexibility index (Phi) is 3.32. The number of carbonyl (C=O) groups is 1. The first-order valence-electron chi connectivity index (χ1n) is 6.65. The molecule has 0 saturated carbocycles. The molecule has 3 rings (SSSR count). The number of carboxylic acid groups (broad SMARTS) is 1. The summed E-state index contributed by atoms with van der Waals surface area (Å²) in [5.74, 6) is -0.697. The number of rotatable bonds is 4. The number of anilines is 1. The molecule has 0 bridgehead atoms. The van der Waals surface area contributed by atoms with Crippen LogP contribution < -0.4 is 5.32 Å². The molecular weight excluding hydrogens is 294 g/mol. The van der Waals surface area contributed by atoms with E-state index < -0.39 is 21.1 Å². The van der Waals surface area contributed by atoms with Crippen LogP contribution in [0.4, 0.5) is 5.82 Å². The Hall–Kier alpha value is -2.09. The highest BCUT2D eigenvalue weighted by Crippen LogP contribution is 2.22. The number of fused-ring (bicyclic) bond motifs is 1. The van der Waals surface area contributed by atoms with Crippen LogP contribution in [0.25, 0.3) is 5.65 Å². The van der Waals surface area contributed by atoms with Crippen molar-refractivity contribution in [2.24, 2.45) is 0 Å². The molecule has 0 aromatic carbocycles. The summed E-state index contributed by atoms with van der Waals surface area (Å²) in [5, 5.41) is 11.7. The van der Waals surface area contributed by atoms with Gasteiger partial charge in [-0.15, -0.1) is 0 Å². The molecule has 7 nitrogen and oxygen atoms in total. The number of nitrogens with one attached hydrogen (secondary N) is 1. The van der Waals surface area contributed by atoms with Crippen molar-refractivity contribution in [3.63, 3.8) is 0 Å². The van der Waals surface area contributed by atoms with Gasteiger partial charge in [0.25, 0.3) is 0 Å². The van der Waals surface area contributed by atoms with E-state index in [9.17, 15) is 18.3 Å². The second kappa shape index (κ2) is 5.03. The van der Waals surface area contributed by atoms with Gasteiger partial charge in [0.1, 0.15) is 5.65 Å². The minimum Gasteiger partial charge on any atom is -0.476 e. The number of hydrogen-bond donors (Lipinski definition) is 2. The molecule has 1 aliphatic heterocycles. The minimum absolute atomic E-state index is 0.0148. The highest BCUT2D eigenvalue weighted by Gasteiger charge is 2.31. The van der Waals surface area contributed by atoms with Gasteiger partial charge in [0, 0.05) is 12.7 Å². The van der Waals surface area contributed by atoms with Gasteiger partial charge in [-0.2, -0.15) is 0 Å². The predicted octanol–water partition coefficient (Wildman–Crippen LogP) is 1.02. The van der Waals surface area contributed by atoms with Crippen molar-refractivity contribution < 1.29 is 18.3 Å². The lowest BCUT2D eigenvalue weighted by molar-refractivity contribution is 0.0690. The Labute approximate surface area is 121 Å². The molecule has 2 aromatic heterocycles. The maximum absolute atomic E-state index is 11.8. The van der Waals surface area contributed by atoms with Gasteiger partial charge in [0.2, 0.25) is 0 Å². The Balaban J connectivity index is 1.90. The maximum Gasteiger partial charge on any atom is 0.356 e. The zero-order valence-corrected chi connectivity index (χ0v) is 12.0. The standard InChI is InChI=1S/C13H15N3O4S/c17-13(18)11-12(15-10-5-1-2-6-16(10)11)14-8-9-4-3-7-21(9,19)20/h1-2,5-6,9,14H,3-4,7-8H2,(H,17,18). The average Bonchev–Trinajstić information content (AvgIpc) is 2.95. The van der Waals surface area contributed by atoms with Gasteiger partial charge in [0.05, 0.1) is 11.0 Å². The minimum atomic E-state index is -3.06. The summed E-state index contributed by atoms with van der Waals surface area (Å²) < 4.78 is 25.1. The van der Waals surface area contributed by atoms with Crippen molar-refractivity contribution >= 4 is 27.3 Å². The largest absolute Gasteiger partial charge is 0.476 e. The molecule has 0 amide bonds. The van der Waals surface area contributed by atoms with Gasteiger partial charge in [-0.1, -0.05) is 6.07 Å². The Morgan fingerprint density at radius 1 is 1.48 bits per heavy atom. The van der Waals surface area contributed by atoms with Crippen molar-refractivity contribution in [2.75, 3.05) is 17.6 Å². The van der Waals surface area contributed by atoms with Gasteiger partial charge in [-0.3, -0.25) is 4.40 Å². The van der Waals surface area contributed by atoms with E-state index in [1.54, 1.807) is 24.4 Å². The summed E-state index contributed by atoms with van der Waals surface area (Å²) in [5.41, 5.74) is 0.521. The number of imidazole rings is 1. The quantitative estimate of drug-likeness (QED) is 0.874. The lowest BCUT2D eigenvalue weighted by Crippen LogP contribution is -2.25. The summed E-state index contributed by atoms with van der Waals surface area (Å²) in [6.45, 7) is 0.187. The monoisotopic (exact) mass is 309 g/mol. The van der Waals surface area contributed by atoms with Gasteiger partial charge in [-0.05, 0) is 25.0 Å². The molecule has 0 aliphatic carbocycles. The number of pyridine rings is 1. The van der Waals surface area contributed by atoms with Crippen LogP contribution in [-0.2, 0) is 9.84 Å². The molecule has 1 saturated heterocycles. The molecule has 3 heterocycles. The second-order valence-corrected chi connectivity index (χ2v) is 7.46. The van der Waals surface area contributed by atoms with Crippen LogP contribution >= 0.6 is 0 Å². The van der Waals surface area contributed by atoms with Gasteiger partial charge in [-0.25, -0.2) is 18.2 Å². The van der Waals surface area contributed by atoms with E-state index in [4.69, 9.17) is 0 Å². The van der Waals surface area contributed by atoms with Crippen LogP contribution in [0, 0.1) is 0 Å². The smallest absolute Gasteiger partial charge is 0.356 e. The van der Waals surface area contributed by atoms with Crippen molar-refractivity contribution in [2.45, 2.75) is 18.1 Å². The van der Waals surface area contributed by atoms with Crippen LogP contribution in [0.5, 0.6) is 0 Å². The molecule has 0 radical (unpaired) electrons. The summed E-state index contributed by atoms with van der Waals surface area (Å²) >= 11 is 0. The SMILES string of the molecule is O=C(O)c1c(NCC2CCCS2(=O)=O)nc2ccccn12. The highest BCUT2D eigenvalue weighted by atomic mass is 32.2. The fraction of sp³-hybridized carbons (Fsp3) is 0.385. The average molecular weight is 309 g/mol. The lowest BCUT2D eigenvalue weighted by atomic mass is 10.2. The predicted molar refractivity (Wildman–Crippen MR) is 77.4 cm³/mol. The molecule has 1 aliphatic rings. The highest BCUT2D eigenvalue weighted by molar-refractivity contribution is 7.92. The first-order valence-corrected chi connectivity index (χ1v) is 8.36. The van der Waals surface area contributed by atoms with Crippen LogP contribution in [0.2, 0.25) is 0 Å². The molecule has 2 aromatic rings. The summed E-state index contributed by atoms with van der Waals surface area (Å²) in [6.07, 6.45) is 2.88. The van der Waals surface area contributed by atoms with Crippen LogP contribution in [0.1, 0.15) is 23.3 Å². The molecule has 1 unspecified atom stereocenters. The number of aromatic nitrogens is 2. The van der Waals surface area contributed by atoms with Crippen molar-refractivity contribution in [1.82, 2.24) is 9.38 Å². The Morgan fingerprint density at radius 3 is 2.95 bits per heavy atom. The third-order valence-electron chi connectivity index (χ3n) is 3.69. The maximum atomic E-state index is 11.8. The molecule has 8 heteroatoms. The number of aromatic carboxylic acids is 1. The molecule has 1 fully saturated rings. The fourth-order valence-corrected chi connectivity index (χ4v) is 4.39. The molecule has 112 valence electrons. The van der Waals surface area contributed by atoms with Gasteiger partial charge >= 0.3 is 5.97 Å². The van der Waals surface area contributed by atoms with Crippen molar-refractivity contribution in [3.05, 3.63) is 30.1 Å². The molecule has 2 N–H and O–H groups in total.